The molecule has 1 saturated heterocycles. The zero-order valence-electron chi connectivity index (χ0n) is 10.9. The van der Waals surface area contributed by atoms with E-state index in [-0.39, 0.29) is 12.4 Å². The standard InChI is InChI=1S/C15H22N2.ClH/c16-15-6-8-17(9-7-15)11-12-4-5-13-2-1-3-14(13)10-12;/h4-5,10,15H,1-3,6-9,11,16H2;1H. The Balaban J connectivity index is 0.00000120. The average Bonchev–Trinajstić information content (AvgIpc) is 2.79. The van der Waals surface area contributed by atoms with E-state index in [1.807, 2.05) is 0 Å². The van der Waals surface area contributed by atoms with Crippen LogP contribution in [0.15, 0.2) is 18.2 Å². The van der Waals surface area contributed by atoms with Gasteiger partial charge in [0.15, 0.2) is 0 Å². The Morgan fingerprint density at radius 2 is 1.83 bits per heavy atom. The van der Waals surface area contributed by atoms with Crippen LogP contribution in [0.4, 0.5) is 0 Å². The van der Waals surface area contributed by atoms with E-state index >= 15 is 0 Å². The summed E-state index contributed by atoms with van der Waals surface area (Å²) in [5.41, 5.74) is 10.6. The van der Waals surface area contributed by atoms with Crippen molar-refractivity contribution in [2.45, 2.75) is 44.7 Å². The molecule has 1 aliphatic heterocycles. The summed E-state index contributed by atoms with van der Waals surface area (Å²) in [7, 11) is 0. The molecule has 100 valence electrons. The Kier molecular flexibility index (Phi) is 4.66. The van der Waals surface area contributed by atoms with Crippen molar-refractivity contribution in [3.63, 3.8) is 0 Å². The van der Waals surface area contributed by atoms with Gasteiger partial charge < -0.3 is 5.73 Å². The topological polar surface area (TPSA) is 29.3 Å². The van der Waals surface area contributed by atoms with Crippen LogP contribution in [0.5, 0.6) is 0 Å². The fourth-order valence-electron chi connectivity index (χ4n) is 3.09. The van der Waals surface area contributed by atoms with Crippen molar-refractivity contribution in [3.8, 4) is 0 Å². The first kappa shape index (κ1) is 13.9. The summed E-state index contributed by atoms with van der Waals surface area (Å²) in [5.74, 6) is 0. The summed E-state index contributed by atoms with van der Waals surface area (Å²) in [4.78, 5) is 2.54. The van der Waals surface area contributed by atoms with Crippen molar-refractivity contribution in [2.24, 2.45) is 5.73 Å². The third-order valence-electron chi connectivity index (χ3n) is 4.20. The monoisotopic (exact) mass is 266 g/mol. The quantitative estimate of drug-likeness (QED) is 0.891. The molecular formula is C15H23ClN2. The minimum atomic E-state index is 0. The third kappa shape index (κ3) is 3.05. The van der Waals surface area contributed by atoms with Gasteiger partial charge in [0.2, 0.25) is 0 Å². The second kappa shape index (κ2) is 6.05. The molecular weight excluding hydrogens is 244 g/mol. The fourth-order valence-corrected chi connectivity index (χ4v) is 3.09. The van der Waals surface area contributed by atoms with Crippen LogP contribution in [0.25, 0.3) is 0 Å². The minimum Gasteiger partial charge on any atom is -0.328 e. The van der Waals surface area contributed by atoms with E-state index in [2.05, 4.69) is 23.1 Å². The van der Waals surface area contributed by atoms with E-state index in [1.165, 1.54) is 24.8 Å². The van der Waals surface area contributed by atoms with Gasteiger partial charge in [-0.25, -0.2) is 0 Å². The van der Waals surface area contributed by atoms with Crippen molar-refractivity contribution >= 4 is 12.4 Å². The predicted molar refractivity (Wildman–Crippen MR) is 78.2 cm³/mol. The second-order valence-corrected chi connectivity index (χ2v) is 5.57. The number of aryl methyl sites for hydroxylation is 2. The number of piperidine rings is 1. The molecule has 1 aromatic rings. The molecule has 0 atom stereocenters. The van der Waals surface area contributed by atoms with Crippen molar-refractivity contribution in [2.75, 3.05) is 13.1 Å². The number of hydrogen-bond acceptors (Lipinski definition) is 2. The van der Waals surface area contributed by atoms with Gasteiger partial charge in [0, 0.05) is 12.6 Å². The number of rotatable bonds is 2. The molecule has 18 heavy (non-hydrogen) atoms. The molecule has 1 aromatic carbocycles. The van der Waals surface area contributed by atoms with E-state index < -0.39 is 0 Å². The van der Waals surface area contributed by atoms with E-state index in [0.29, 0.717) is 6.04 Å². The zero-order chi connectivity index (χ0) is 11.7. The Morgan fingerprint density at radius 3 is 2.61 bits per heavy atom. The molecule has 3 heteroatoms. The van der Waals surface area contributed by atoms with Gasteiger partial charge in [-0.15, -0.1) is 12.4 Å². The lowest BCUT2D eigenvalue weighted by Crippen LogP contribution is -2.39. The molecule has 3 rings (SSSR count). The summed E-state index contributed by atoms with van der Waals surface area (Å²) in [6, 6.07) is 7.52. The van der Waals surface area contributed by atoms with Crippen LogP contribution in [0.3, 0.4) is 0 Å². The summed E-state index contributed by atoms with van der Waals surface area (Å²) >= 11 is 0. The number of nitrogens with zero attached hydrogens (tertiary/aromatic N) is 1. The maximum Gasteiger partial charge on any atom is 0.0233 e. The summed E-state index contributed by atoms with van der Waals surface area (Å²) in [6.07, 6.45) is 6.23. The number of halogens is 1. The van der Waals surface area contributed by atoms with Crippen molar-refractivity contribution in [3.05, 3.63) is 34.9 Å². The van der Waals surface area contributed by atoms with E-state index in [4.69, 9.17) is 5.73 Å². The average molecular weight is 267 g/mol. The van der Waals surface area contributed by atoms with Gasteiger partial charge in [0.05, 0.1) is 0 Å². The van der Waals surface area contributed by atoms with E-state index in [9.17, 15) is 0 Å². The first-order valence-electron chi connectivity index (χ1n) is 6.90. The Morgan fingerprint density at radius 1 is 1.11 bits per heavy atom. The van der Waals surface area contributed by atoms with Crippen LogP contribution in [-0.4, -0.2) is 24.0 Å². The summed E-state index contributed by atoms with van der Waals surface area (Å²) in [5, 5.41) is 0. The van der Waals surface area contributed by atoms with Gasteiger partial charge in [-0.05, 0) is 61.9 Å². The Hall–Kier alpha value is -0.570. The lowest BCUT2D eigenvalue weighted by molar-refractivity contribution is 0.205. The van der Waals surface area contributed by atoms with Crippen LogP contribution in [-0.2, 0) is 19.4 Å². The van der Waals surface area contributed by atoms with Gasteiger partial charge in [-0.3, -0.25) is 4.90 Å². The van der Waals surface area contributed by atoms with E-state index in [1.54, 1.807) is 11.1 Å². The van der Waals surface area contributed by atoms with E-state index in [0.717, 1.165) is 32.5 Å². The number of benzene rings is 1. The van der Waals surface area contributed by atoms with Crippen LogP contribution >= 0.6 is 12.4 Å². The van der Waals surface area contributed by atoms with Gasteiger partial charge in [0.1, 0.15) is 0 Å². The maximum absolute atomic E-state index is 5.94. The molecule has 1 aliphatic carbocycles. The molecule has 0 spiro atoms. The van der Waals surface area contributed by atoms with Crippen LogP contribution < -0.4 is 5.73 Å². The predicted octanol–water partition coefficient (Wildman–Crippen LogP) is 2.52. The lowest BCUT2D eigenvalue weighted by atomic mass is 10.0. The smallest absolute Gasteiger partial charge is 0.0233 e. The number of hydrogen-bond donors (Lipinski definition) is 1. The lowest BCUT2D eigenvalue weighted by Gasteiger charge is -2.30. The van der Waals surface area contributed by atoms with Crippen LogP contribution in [0.1, 0.15) is 36.0 Å². The number of likely N-dealkylation sites (tertiary alicyclic amines) is 1. The normalized spacial score (nSPS) is 20.5. The SMILES string of the molecule is Cl.NC1CCN(Cc2ccc3c(c2)CCC3)CC1. The van der Waals surface area contributed by atoms with Crippen molar-refractivity contribution in [1.29, 1.82) is 0 Å². The van der Waals surface area contributed by atoms with Gasteiger partial charge >= 0.3 is 0 Å². The summed E-state index contributed by atoms with van der Waals surface area (Å²) < 4.78 is 0. The number of nitrogens with two attached hydrogens (primary N) is 1. The van der Waals surface area contributed by atoms with Gasteiger partial charge in [0.25, 0.3) is 0 Å². The minimum absolute atomic E-state index is 0. The molecule has 0 saturated carbocycles. The highest BCUT2D eigenvalue weighted by atomic mass is 35.5. The molecule has 1 fully saturated rings. The molecule has 0 amide bonds. The molecule has 0 unspecified atom stereocenters. The molecule has 2 aliphatic rings. The highest BCUT2D eigenvalue weighted by molar-refractivity contribution is 5.85. The third-order valence-corrected chi connectivity index (χ3v) is 4.20. The zero-order valence-corrected chi connectivity index (χ0v) is 11.7. The van der Waals surface area contributed by atoms with Crippen LogP contribution in [0.2, 0.25) is 0 Å². The molecule has 0 aromatic heterocycles. The highest BCUT2D eigenvalue weighted by Gasteiger charge is 2.17. The molecule has 2 nitrogen and oxygen atoms in total. The van der Waals surface area contributed by atoms with Crippen molar-refractivity contribution in [1.82, 2.24) is 4.90 Å². The molecule has 1 heterocycles. The fraction of sp³-hybridized carbons (Fsp3) is 0.600. The van der Waals surface area contributed by atoms with Gasteiger partial charge in [-0.2, -0.15) is 0 Å². The Labute approximate surface area is 116 Å². The maximum atomic E-state index is 5.94. The van der Waals surface area contributed by atoms with Gasteiger partial charge in [-0.1, -0.05) is 18.2 Å². The Bertz CT molecular complexity index is 397. The van der Waals surface area contributed by atoms with Crippen LogP contribution in [0, 0.1) is 0 Å². The van der Waals surface area contributed by atoms with Crippen molar-refractivity contribution < 1.29 is 0 Å². The number of fused-ring (bicyclic) bond motifs is 1. The first-order chi connectivity index (χ1) is 8.31. The molecule has 2 N–H and O–H groups in total. The first-order valence-corrected chi connectivity index (χ1v) is 6.90. The largest absolute Gasteiger partial charge is 0.328 e. The second-order valence-electron chi connectivity index (χ2n) is 5.57. The molecule has 0 bridgehead atoms. The summed E-state index contributed by atoms with van der Waals surface area (Å²) in [6.45, 7) is 3.44. The highest BCUT2D eigenvalue weighted by Crippen LogP contribution is 2.23. The molecule has 0 radical (unpaired) electrons.